The monoisotopic (exact) mass is 301 g/mol. The second-order valence-corrected chi connectivity index (χ2v) is 5.31. The lowest BCUT2D eigenvalue weighted by Crippen LogP contribution is -2.26. The first kappa shape index (κ1) is 15.6. The topological polar surface area (TPSA) is 58.4 Å². The van der Waals surface area contributed by atoms with Crippen molar-refractivity contribution in [2.24, 2.45) is 0 Å². The summed E-state index contributed by atoms with van der Waals surface area (Å²) in [6, 6.07) is 3.48. The molecule has 0 aliphatic heterocycles. The quantitative estimate of drug-likeness (QED) is 0.822. The first-order valence-electron chi connectivity index (χ1n) is 6.74. The molecule has 0 unspecified atom stereocenters. The molecule has 1 fully saturated rings. The van der Waals surface area contributed by atoms with E-state index in [0.29, 0.717) is 12.6 Å². The summed E-state index contributed by atoms with van der Waals surface area (Å²) >= 11 is 0. The molecule has 1 aliphatic rings. The van der Waals surface area contributed by atoms with E-state index in [0.717, 1.165) is 25.0 Å². The van der Waals surface area contributed by atoms with Crippen molar-refractivity contribution >= 4 is 17.3 Å². The first-order chi connectivity index (χ1) is 9.77. The molecule has 1 aromatic carbocycles. The molecular weight excluding hydrogens is 283 g/mol. The Morgan fingerprint density at radius 2 is 2.10 bits per heavy atom. The van der Waals surface area contributed by atoms with E-state index in [2.05, 4.69) is 10.2 Å². The van der Waals surface area contributed by atoms with Crippen LogP contribution in [0.5, 0.6) is 0 Å². The van der Waals surface area contributed by atoms with Crippen molar-refractivity contribution in [1.29, 1.82) is 0 Å². The third-order valence-corrected chi connectivity index (χ3v) is 3.51. The fourth-order valence-electron chi connectivity index (χ4n) is 2.04. The maximum Gasteiger partial charge on any atom is 0.416 e. The van der Waals surface area contributed by atoms with Gasteiger partial charge in [-0.05, 0) is 38.1 Å². The lowest BCUT2D eigenvalue weighted by Gasteiger charge is -2.16. The Morgan fingerprint density at radius 1 is 1.43 bits per heavy atom. The van der Waals surface area contributed by atoms with Crippen LogP contribution in [0.15, 0.2) is 18.2 Å². The average Bonchev–Trinajstić information content (AvgIpc) is 3.21. The number of hydrogen-bond donors (Lipinski definition) is 2. The van der Waals surface area contributed by atoms with Gasteiger partial charge >= 0.3 is 6.18 Å². The van der Waals surface area contributed by atoms with E-state index >= 15 is 0 Å². The highest BCUT2D eigenvalue weighted by molar-refractivity contribution is 5.94. The van der Waals surface area contributed by atoms with E-state index in [1.807, 2.05) is 7.05 Å². The number of hydrogen-bond acceptors (Lipinski definition) is 3. The second kappa shape index (κ2) is 5.93. The smallest absolute Gasteiger partial charge is 0.397 e. The SMILES string of the molecule is CN(CCC(=O)Nc1ccc(C(F)(F)F)cc1N)C1CC1. The summed E-state index contributed by atoms with van der Waals surface area (Å²) in [5.41, 5.74) is 4.85. The summed E-state index contributed by atoms with van der Waals surface area (Å²) in [6.45, 7) is 0.622. The number of carbonyl (C=O) groups is 1. The van der Waals surface area contributed by atoms with Gasteiger partial charge in [0.2, 0.25) is 5.91 Å². The van der Waals surface area contributed by atoms with Gasteiger partial charge in [-0.15, -0.1) is 0 Å². The number of halogens is 3. The van der Waals surface area contributed by atoms with Gasteiger partial charge in [-0.1, -0.05) is 0 Å². The van der Waals surface area contributed by atoms with E-state index < -0.39 is 11.7 Å². The Labute approximate surface area is 121 Å². The summed E-state index contributed by atoms with van der Waals surface area (Å²) in [5, 5.41) is 2.55. The van der Waals surface area contributed by atoms with Crippen molar-refractivity contribution in [2.75, 3.05) is 24.6 Å². The third kappa shape index (κ3) is 4.35. The maximum absolute atomic E-state index is 12.5. The fraction of sp³-hybridized carbons (Fsp3) is 0.500. The van der Waals surface area contributed by atoms with E-state index in [9.17, 15) is 18.0 Å². The summed E-state index contributed by atoms with van der Waals surface area (Å²) in [6.07, 6.45) is -1.84. The van der Waals surface area contributed by atoms with Gasteiger partial charge in [0, 0.05) is 19.0 Å². The van der Waals surface area contributed by atoms with Gasteiger partial charge in [-0.2, -0.15) is 13.2 Å². The highest BCUT2D eigenvalue weighted by atomic mass is 19.4. The van der Waals surface area contributed by atoms with Crippen molar-refractivity contribution in [3.8, 4) is 0 Å². The lowest BCUT2D eigenvalue weighted by molar-refractivity contribution is -0.137. The molecule has 1 aliphatic carbocycles. The highest BCUT2D eigenvalue weighted by Crippen LogP contribution is 2.32. The number of benzene rings is 1. The number of alkyl halides is 3. The van der Waals surface area contributed by atoms with Crippen molar-refractivity contribution in [2.45, 2.75) is 31.5 Å². The minimum Gasteiger partial charge on any atom is -0.397 e. The number of anilines is 2. The molecule has 0 heterocycles. The van der Waals surface area contributed by atoms with Crippen LogP contribution in [0.2, 0.25) is 0 Å². The Morgan fingerprint density at radius 3 is 2.62 bits per heavy atom. The van der Waals surface area contributed by atoms with Crippen LogP contribution in [-0.2, 0) is 11.0 Å². The molecule has 1 aromatic rings. The molecule has 2 rings (SSSR count). The number of rotatable bonds is 5. The van der Waals surface area contributed by atoms with Gasteiger partial charge in [0.15, 0.2) is 0 Å². The van der Waals surface area contributed by atoms with E-state index in [1.54, 1.807) is 0 Å². The lowest BCUT2D eigenvalue weighted by atomic mass is 10.1. The zero-order chi connectivity index (χ0) is 15.6. The van der Waals surface area contributed by atoms with Gasteiger partial charge < -0.3 is 16.0 Å². The molecule has 0 aromatic heterocycles. The summed E-state index contributed by atoms with van der Waals surface area (Å²) in [7, 11) is 1.96. The summed E-state index contributed by atoms with van der Waals surface area (Å²) in [5.74, 6) is -0.256. The van der Waals surface area contributed by atoms with Crippen LogP contribution < -0.4 is 11.1 Å². The van der Waals surface area contributed by atoms with Crippen LogP contribution in [0.3, 0.4) is 0 Å². The minimum absolute atomic E-state index is 0.0891. The molecule has 4 nitrogen and oxygen atoms in total. The van der Waals surface area contributed by atoms with Gasteiger partial charge in [-0.25, -0.2) is 0 Å². The number of nitrogens with two attached hydrogens (primary N) is 1. The third-order valence-electron chi connectivity index (χ3n) is 3.51. The normalized spacial score (nSPS) is 15.3. The van der Waals surface area contributed by atoms with Gasteiger partial charge in [-0.3, -0.25) is 4.79 Å². The highest BCUT2D eigenvalue weighted by Gasteiger charge is 2.31. The molecule has 3 N–H and O–H groups in total. The molecule has 21 heavy (non-hydrogen) atoms. The zero-order valence-electron chi connectivity index (χ0n) is 11.7. The fourth-order valence-corrected chi connectivity index (χ4v) is 2.04. The molecule has 0 atom stereocenters. The summed E-state index contributed by atoms with van der Waals surface area (Å²) in [4.78, 5) is 13.9. The average molecular weight is 301 g/mol. The Kier molecular flexibility index (Phi) is 4.41. The van der Waals surface area contributed by atoms with Crippen molar-refractivity contribution in [1.82, 2.24) is 4.90 Å². The second-order valence-electron chi connectivity index (χ2n) is 5.31. The molecule has 0 bridgehead atoms. The van der Waals surface area contributed by atoms with E-state index in [-0.39, 0.29) is 23.7 Å². The van der Waals surface area contributed by atoms with Gasteiger partial charge in [0.1, 0.15) is 0 Å². The Hall–Kier alpha value is -1.76. The zero-order valence-corrected chi connectivity index (χ0v) is 11.7. The van der Waals surface area contributed by atoms with Crippen LogP contribution in [0.25, 0.3) is 0 Å². The Balaban J connectivity index is 1.91. The Bertz CT molecular complexity index is 527. The molecule has 0 spiro atoms. The predicted molar refractivity (Wildman–Crippen MR) is 74.8 cm³/mol. The minimum atomic E-state index is -4.44. The maximum atomic E-state index is 12.5. The van der Waals surface area contributed by atoms with Crippen LogP contribution in [0.1, 0.15) is 24.8 Å². The molecule has 116 valence electrons. The largest absolute Gasteiger partial charge is 0.416 e. The molecule has 1 amide bonds. The van der Waals surface area contributed by atoms with E-state index in [1.165, 1.54) is 6.07 Å². The number of amides is 1. The predicted octanol–water partition coefficient (Wildman–Crippen LogP) is 2.71. The first-order valence-corrected chi connectivity index (χ1v) is 6.74. The molecule has 0 radical (unpaired) electrons. The standard InChI is InChI=1S/C14H18F3N3O/c1-20(10-3-4-10)7-6-13(21)19-12-5-2-9(8-11(12)18)14(15,16)17/h2,5,8,10H,3-4,6-7,18H2,1H3,(H,19,21). The van der Waals surface area contributed by atoms with Crippen LogP contribution in [0.4, 0.5) is 24.5 Å². The molecule has 1 saturated carbocycles. The van der Waals surface area contributed by atoms with Gasteiger partial charge in [0.05, 0.1) is 16.9 Å². The van der Waals surface area contributed by atoms with Crippen LogP contribution >= 0.6 is 0 Å². The van der Waals surface area contributed by atoms with Crippen molar-refractivity contribution in [3.63, 3.8) is 0 Å². The molecular formula is C14H18F3N3O. The number of nitrogens with one attached hydrogen (secondary N) is 1. The van der Waals surface area contributed by atoms with Crippen LogP contribution in [0, 0.1) is 0 Å². The van der Waals surface area contributed by atoms with Crippen molar-refractivity contribution in [3.05, 3.63) is 23.8 Å². The number of carbonyl (C=O) groups excluding carboxylic acids is 1. The van der Waals surface area contributed by atoms with Crippen LogP contribution in [-0.4, -0.2) is 30.4 Å². The summed E-state index contributed by atoms with van der Waals surface area (Å²) < 4.78 is 37.5. The number of nitrogens with zero attached hydrogens (tertiary/aromatic N) is 1. The van der Waals surface area contributed by atoms with Gasteiger partial charge in [0.25, 0.3) is 0 Å². The van der Waals surface area contributed by atoms with E-state index in [4.69, 9.17) is 5.73 Å². The van der Waals surface area contributed by atoms with Crippen molar-refractivity contribution < 1.29 is 18.0 Å². The number of nitrogen functional groups attached to an aromatic ring is 1. The molecule has 0 saturated heterocycles. The molecule has 7 heteroatoms.